The molecule has 0 aliphatic carbocycles. The Morgan fingerprint density at radius 2 is 1.61 bits per heavy atom. The minimum atomic E-state index is -1.47. The molecule has 3 rings (SSSR count). The van der Waals surface area contributed by atoms with E-state index < -0.39 is 116 Å². The molecule has 1 aliphatic rings. The van der Waals surface area contributed by atoms with Gasteiger partial charge in [-0.1, -0.05) is 0 Å². The van der Waals surface area contributed by atoms with Crippen molar-refractivity contribution in [3.8, 4) is 17.2 Å². The van der Waals surface area contributed by atoms with Crippen molar-refractivity contribution in [3.05, 3.63) is 28.6 Å². The molecule has 0 bridgehead atoms. The molecule has 0 amide bonds. The van der Waals surface area contributed by atoms with E-state index in [-0.39, 0.29) is 49.0 Å². The Morgan fingerprint density at radius 1 is 0.976 bits per heavy atom. The van der Waals surface area contributed by atoms with E-state index in [0.717, 1.165) is 4.90 Å². The Morgan fingerprint density at radius 3 is 2.15 bits per heavy atom. The van der Waals surface area contributed by atoms with Crippen LogP contribution in [0.2, 0.25) is 0 Å². The summed E-state index contributed by atoms with van der Waals surface area (Å²) in [5.74, 6) is -3.16. The van der Waals surface area contributed by atoms with Crippen LogP contribution in [-0.2, 0) is 11.3 Å². The Kier molecular flexibility index (Phi) is 12.9. The second kappa shape index (κ2) is 15.7. The average molecular weight is 681 g/mol. The molecule has 41 heavy (non-hydrogen) atoms. The normalized spacial score (nSPS) is 13.4. The number of carbonyl (C=O) groups is 1. The number of fused-ring (bicyclic) bond motifs is 1. The van der Waals surface area contributed by atoms with Crippen molar-refractivity contribution in [2.24, 2.45) is 0 Å². The Labute approximate surface area is 254 Å². The van der Waals surface area contributed by atoms with Crippen molar-refractivity contribution >= 4 is 72.4 Å². The number of nitrogens with one attached hydrogen (secondary N) is 1. The Bertz CT molecular complexity index is 1290. The van der Waals surface area contributed by atoms with Gasteiger partial charge in [-0.3, -0.25) is 10.2 Å². The molecule has 0 spiro atoms. The number of nitrogens with zero attached hydrogens (tertiary/aromatic N) is 1. The maximum atomic E-state index is 15.4. The fraction of sp³-hybridized carbons (Fsp3) is 0.391. The summed E-state index contributed by atoms with van der Waals surface area (Å²) < 4.78 is 106. The number of benzene rings is 2. The van der Waals surface area contributed by atoms with Gasteiger partial charge in [0, 0.05) is 13.7 Å². The molecule has 18 heteroatoms. The van der Waals surface area contributed by atoms with E-state index in [0.29, 0.717) is 5.56 Å². The second-order valence-corrected chi connectivity index (χ2v) is 10.9. The standard InChI is InChI=1S/C23H22F6N2O5S5/c1-4-34-12-6-10-7-31(23(30)14(10)16(24)17(12)35-5-2)8-11(32)15-19(38-26)18(36-13(37-25)9-33-3)21(40-28)22(41-29)20(15)39-27/h6,13,30H,4-5,7-9H2,1-3H3. The summed E-state index contributed by atoms with van der Waals surface area (Å²) in [5, 5.41) is 8.51. The van der Waals surface area contributed by atoms with Gasteiger partial charge < -0.3 is 23.8 Å². The molecule has 0 saturated heterocycles. The molecule has 2 aromatic rings. The number of amidine groups is 1. The van der Waals surface area contributed by atoms with E-state index in [4.69, 9.17) is 24.4 Å². The van der Waals surface area contributed by atoms with Gasteiger partial charge >= 0.3 is 0 Å². The van der Waals surface area contributed by atoms with E-state index in [1.54, 1.807) is 13.8 Å². The van der Waals surface area contributed by atoms with Crippen LogP contribution >= 0.6 is 60.7 Å². The zero-order valence-corrected chi connectivity index (χ0v) is 25.6. The molecular weight excluding hydrogens is 659 g/mol. The molecule has 0 fully saturated rings. The van der Waals surface area contributed by atoms with Gasteiger partial charge in [0.1, 0.15) is 10.7 Å². The lowest BCUT2D eigenvalue weighted by Gasteiger charge is -2.23. The predicted molar refractivity (Wildman–Crippen MR) is 150 cm³/mol. The van der Waals surface area contributed by atoms with E-state index in [2.05, 4.69) is 0 Å². The third-order valence-electron chi connectivity index (χ3n) is 5.62. The summed E-state index contributed by atoms with van der Waals surface area (Å²) in [7, 11) is 1.21. The summed E-state index contributed by atoms with van der Waals surface area (Å²) in [6, 6.07) is 1.47. The van der Waals surface area contributed by atoms with Crippen LogP contribution in [0.1, 0.15) is 35.3 Å². The summed E-state index contributed by atoms with van der Waals surface area (Å²) in [4.78, 5) is 11.8. The average Bonchev–Trinajstić information content (AvgIpc) is 3.27. The second-order valence-electron chi connectivity index (χ2n) is 7.97. The predicted octanol–water partition coefficient (Wildman–Crippen LogP) is 8.52. The van der Waals surface area contributed by atoms with Crippen LogP contribution in [0.25, 0.3) is 0 Å². The first-order chi connectivity index (χ1) is 19.8. The van der Waals surface area contributed by atoms with E-state index in [1.807, 2.05) is 0 Å². The molecule has 0 aromatic heterocycles. The number of hydrogen-bond donors (Lipinski definition) is 1. The highest BCUT2D eigenvalue weighted by molar-refractivity contribution is 7.99. The van der Waals surface area contributed by atoms with Crippen LogP contribution in [0.4, 0.5) is 23.8 Å². The molecule has 0 saturated carbocycles. The number of rotatable bonds is 16. The molecule has 1 heterocycles. The molecule has 7 nitrogen and oxygen atoms in total. The van der Waals surface area contributed by atoms with Gasteiger partial charge in [-0.15, -0.1) is 0 Å². The number of carbonyl (C=O) groups excluding carboxylic acids is 1. The zero-order valence-electron chi connectivity index (χ0n) is 21.5. The van der Waals surface area contributed by atoms with E-state index >= 15 is 4.39 Å². The highest BCUT2D eigenvalue weighted by Gasteiger charge is 2.37. The number of Topliss-reactive ketones (excluding diaryl/α,β-unsaturated/α-hetero) is 1. The van der Waals surface area contributed by atoms with Gasteiger partial charge in [0.05, 0.1) is 113 Å². The van der Waals surface area contributed by atoms with Crippen molar-refractivity contribution in [1.29, 1.82) is 5.41 Å². The first-order valence-corrected chi connectivity index (χ1v) is 15.2. The smallest absolute Gasteiger partial charge is 0.197 e. The molecule has 1 unspecified atom stereocenters. The first kappa shape index (κ1) is 33.8. The molecule has 226 valence electrons. The maximum absolute atomic E-state index is 15.4. The summed E-state index contributed by atoms with van der Waals surface area (Å²) >= 11 is -2.84. The van der Waals surface area contributed by atoms with E-state index in [1.165, 1.54) is 13.2 Å². The number of methoxy groups -OCH3 is 1. The first-order valence-electron chi connectivity index (χ1n) is 11.6. The monoisotopic (exact) mass is 680 g/mol. The Hall–Kier alpha value is -1.73. The molecule has 0 radical (unpaired) electrons. The minimum Gasteiger partial charge on any atom is -0.490 e. The molecule has 1 aliphatic heterocycles. The van der Waals surface area contributed by atoms with Crippen LogP contribution in [0, 0.1) is 11.2 Å². The van der Waals surface area contributed by atoms with E-state index in [9.17, 15) is 24.2 Å². The minimum absolute atomic E-state index is 0.0980. The number of ketones is 1. The van der Waals surface area contributed by atoms with Crippen LogP contribution < -0.4 is 14.2 Å². The maximum Gasteiger partial charge on any atom is 0.197 e. The summed E-state index contributed by atoms with van der Waals surface area (Å²) in [5.41, 5.74) is -2.04. The van der Waals surface area contributed by atoms with Crippen LogP contribution in [0.15, 0.2) is 25.6 Å². The largest absolute Gasteiger partial charge is 0.490 e. The van der Waals surface area contributed by atoms with Crippen molar-refractivity contribution in [2.45, 2.75) is 45.4 Å². The molecule has 1 atom stereocenters. The van der Waals surface area contributed by atoms with Gasteiger partial charge in [0.2, 0.25) is 0 Å². The SMILES string of the molecule is CCOc1cc2c(c(F)c1OCC)C(=N)N(CC(=O)c1c(SF)c(OC(COC)SF)c(SF)c(SF)c1SF)C2. The number of ether oxygens (including phenoxy) is 4. The highest BCUT2D eigenvalue weighted by Crippen LogP contribution is 2.53. The van der Waals surface area contributed by atoms with Gasteiger partial charge in [-0.05, 0) is 25.5 Å². The van der Waals surface area contributed by atoms with Crippen LogP contribution in [0.3, 0.4) is 0 Å². The van der Waals surface area contributed by atoms with Gasteiger partial charge in [-0.25, -0.2) is 4.39 Å². The van der Waals surface area contributed by atoms with Crippen molar-refractivity contribution in [3.63, 3.8) is 0 Å². The fourth-order valence-corrected chi connectivity index (χ4v) is 6.64. The summed E-state index contributed by atoms with van der Waals surface area (Å²) in [6.07, 6.45) is 0. The van der Waals surface area contributed by atoms with Crippen molar-refractivity contribution < 1.29 is 47.6 Å². The topological polar surface area (TPSA) is 81.1 Å². The zero-order chi connectivity index (χ0) is 30.3. The quantitative estimate of drug-likeness (QED) is 0.105. The lowest BCUT2D eigenvalue weighted by atomic mass is 10.1. The third kappa shape index (κ3) is 6.92. The molecular formula is C23H22F6N2O5S5. The molecule has 1 N–H and O–H groups in total. The number of hydrogen-bond acceptors (Lipinski definition) is 11. The van der Waals surface area contributed by atoms with Crippen LogP contribution in [0.5, 0.6) is 17.2 Å². The highest BCUT2D eigenvalue weighted by atomic mass is 32.2. The fourth-order valence-electron chi connectivity index (χ4n) is 4.04. The van der Waals surface area contributed by atoms with Gasteiger partial charge in [0.25, 0.3) is 0 Å². The van der Waals surface area contributed by atoms with Crippen molar-refractivity contribution in [2.75, 3.05) is 33.5 Å². The summed E-state index contributed by atoms with van der Waals surface area (Å²) in [6.45, 7) is 2.38. The van der Waals surface area contributed by atoms with Crippen LogP contribution in [-0.4, -0.2) is 55.4 Å². The number of halogens is 6. The Balaban J connectivity index is 2.09. The lowest BCUT2D eigenvalue weighted by Crippen LogP contribution is -2.31. The van der Waals surface area contributed by atoms with Crippen molar-refractivity contribution in [1.82, 2.24) is 4.90 Å². The molecule has 2 aromatic carbocycles. The van der Waals surface area contributed by atoms with Gasteiger partial charge in [0.15, 0.2) is 34.3 Å². The third-order valence-corrected chi connectivity index (χ3v) is 8.53. The van der Waals surface area contributed by atoms with Gasteiger partial charge in [-0.2, -0.15) is 19.4 Å². The lowest BCUT2D eigenvalue weighted by molar-refractivity contribution is 0.0952.